The lowest BCUT2D eigenvalue weighted by Gasteiger charge is -2.34. The Bertz CT molecular complexity index is 915. The number of hydrogen-bond donors (Lipinski definition) is 2. The van der Waals surface area contributed by atoms with Crippen LogP contribution >= 0.6 is 11.3 Å². The van der Waals surface area contributed by atoms with E-state index in [0.717, 1.165) is 44.1 Å². The summed E-state index contributed by atoms with van der Waals surface area (Å²) < 4.78 is 0. The summed E-state index contributed by atoms with van der Waals surface area (Å²) in [5.74, 6) is -0.730. The summed E-state index contributed by atoms with van der Waals surface area (Å²) in [5.41, 5.74) is 7.16. The van der Waals surface area contributed by atoms with Crippen LogP contribution < -0.4 is 10.9 Å². The smallest absolute Gasteiger partial charge is 0.279 e. The maximum atomic E-state index is 13.1. The van der Waals surface area contributed by atoms with Gasteiger partial charge >= 0.3 is 0 Å². The SMILES string of the molecule is O=C(NNC(=O)C(c1ccccc1)N1CCCCC1=O)c1cc2c(s1)CCCCCC2. The van der Waals surface area contributed by atoms with E-state index >= 15 is 0 Å². The Labute approximate surface area is 187 Å². The molecule has 164 valence electrons. The third kappa shape index (κ3) is 5.15. The van der Waals surface area contributed by atoms with Crippen molar-refractivity contribution in [1.82, 2.24) is 15.8 Å². The normalized spacial score (nSPS) is 17.8. The number of hydrazine groups is 1. The van der Waals surface area contributed by atoms with Crippen molar-refractivity contribution in [1.29, 1.82) is 0 Å². The van der Waals surface area contributed by atoms with E-state index in [1.165, 1.54) is 34.6 Å². The average Bonchev–Trinajstić information content (AvgIpc) is 3.16. The third-order valence-corrected chi connectivity index (χ3v) is 7.29. The highest BCUT2D eigenvalue weighted by atomic mass is 32.1. The maximum Gasteiger partial charge on any atom is 0.279 e. The van der Waals surface area contributed by atoms with Gasteiger partial charge in [-0.15, -0.1) is 11.3 Å². The van der Waals surface area contributed by atoms with Crippen molar-refractivity contribution >= 4 is 29.1 Å². The van der Waals surface area contributed by atoms with Crippen LogP contribution in [0.4, 0.5) is 0 Å². The summed E-state index contributed by atoms with van der Waals surface area (Å²) in [7, 11) is 0. The van der Waals surface area contributed by atoms with Gasteiger partial charge in [-0.1, -0.05) is 43.2 Å². The van der Waals surface area contributed by atoms with Crippen LogP contribution in [0.25, 0.3) is 0 Å². The van der Waals surface area contributed by atoms with E-state index in [0.29, 0.717) is 17.8 Å². The van der Waals surface area contributed by atoms with Gasteiger partial charge in [-0.3, -0.25) is 25.2 Å². The van der Waals surface area contributed by atoms with Crippen molar-refractivity contribution in [3.63, 3.8) is 0 Å². The summed E-state index contributed by atoms with van der Waals surface area (Å²) in [6.45, 7) is 0.539. The van der Waals surface area contributed by atoms with Gasteiger partial charge in [-0.05, 0) is 55.7 Å². The highest BCUT2D eigenvalue weighted by molar-refractivity contribution is 7.14. The summed E-state index contributed by atoms with van der Waals surface area (Å²) in [6, 6.07) is 10.5. The molecule has 1 atom stereocenters. The molecule has 1 aliphatic heterocycles. The molecule has 4 rings (SSSR count). The predicted molar refractivity (Wildman–Crippen MR) is 121 cm³/mol. The first-order valence-corrected chi connectivity index (χ1v) is 12.0. The molecule has 1 aliphatic carbocycles. The van der Waals surface area contributed by atoms with Gasteiger partial charge in [0.15, 0.2) is 0 Å². The molecule has 31 heavy (non-hydrogen) atoms. The van der Waals surface area contributed by atoms with Crippen LogP contribution in [0.5, 0.6) is 0 Å². The average molecular weight is 440 g/mol. The Morgan fingerprint density at radius 3 is 2.42 bits per heavy atom. The van der Waals surface area contributed by atoms with Crippen LogP contribution in [-0.4, -0.2) is 29.2 Å². The number of hydrogen-bond acceptors (Lipinski definition) is 4. The van der Waals surface area contributed by atoms with E-state index in [4.69, 9.17) is 0 Å². The Kier molecular flexibility index (Phi) is 7.02. The Balaban J connectivity index is 1.45. The summed E-state index contributed by atoms with van der Waals surface area (Å²) in [4.78, 5) is 41.9. The van der Waals surface area contributed by atoms with Gasteiger partial charge in [0.2, 0.25) is 5.91 Å². The van der Waals surface area contributed by atoms with E-state index in [9.17, 15) is 14.4 Å². The molecule has 6 nitrogen and oxygen atoms in total. The minimum atomic E-state index is -0.752. The number of aryl methyl sites for hydroxylation is 2. The lowest BCUT2D eigenvalue weighted by Crippen LogP contribution is -2.50. The lowest BCUT2D eigenvalue weighted by molar-refractivity contribution is -0.143. The topological polar surface area (TPSA) is 78.5 Å². The molecule has 7 heteroatoms. The first kappa shape index (κ1) is 21.6. The zero-order valence-electron chi connectivity index (χ0n) is 17.7. The van der Waals surface area contributed by atoms with Gasteiger partial charge < -0.3 is 4.90 Å². The summed E-state index contributed by atoms with van der Waals surface area (Å²) >= 11 is 1.52. The highest BCUT2D eigenvalue weighted by Gasteiger charge is 2.33. The molecule has 1 aromatic carbocycles. The molecule has 2 N–H and O–H groups in total. The third-order valence-electron chi connectivity index (χ3n) is 6.05. The van der Waals surface area contributed by atoms with Crippen molar-refractivity contribution in [3.8, 4) is 0 Å². The van der Waals surface area contributed by atoms with Crippen LogP contribution in [0.2, 0.25) is 0 Å². The van der Waals surface area contributed by atoms with Gasteiger partial charge in [0.05, 0.1) is 4.88 Å². The number of rotatable bonds is 4. The van der Waals surface area contributed by atoms with Crippen LogP contribution in [0, 0.1) is 0 Å². The van der Waals surface area contributed by atoms with Gasteiger partial charge in [-0.25, -0.2) is 0 Å². The van der Waals surface area contributed by atoms with Crippen LogP contribution in [-0.2, 0) is 22.4 Å². The molecule has 2 aliphatic rings. The Hall–Kier alpha value is -2.67. The minimum absolute atomic E-state index is 0.0281. The molecule has 3 amide bonds. The second-order valence-electron chi connectivity index (χ2n) is 8.27. The molecule has 1 unspecified atom stereocenters. The maximum absolute atomic E-state index is 13.1. The molecule has 1 saturated heterocycles. The van der Waals surface area contributed by atoms with Crippen molar-refractivity contribution in [2.24, 2.45) is 0 Å². The number of piperidine rings is 1. The monoisotopic (exact) mass is 439 g/mol. The first-order valence-electron chi connectivity index (χ1n) is 11.2. The van der Waals surface area contributed by atoms with E-state index in [1.54, 1.807) is 4.90 Å². The highest BCUT2D eigenvalue weighted by Crippen LogP contribution is 2.29. The molecule has 1 fully saturated rings. The number of carbonyl (C=O) groups is 3. The molecule has 2 aromatic rings. The summed E-state index contributed by atoms with van der Waals surface area (Å²) in [6.07, 6.45) is 8.99. The van der Waals surface area contributed by atoms with E-state index in [2.05, 4.69) is 10.9 Å². The van der Waals surface area contributed by atoms with Crippen LogP contribution in [0.3, 0.4) is 0 Å². The van der Waals surface area contributed by atoms with Crippen molar-refractivity contribution in [3.05, 3.63) is 57.3 Å². The predicted octanol–water partition coefficient (Wildman–Crippen LogP) is 3.92. The van der Waals surface area contributed by atoms with E-state index < -0.39 is 11.9 Å². The second kappa shape index (κ2) is 10.1. The zero-order chi connectivity index (χ0) is 21.6. The molecule has 0 spiro atoms. The fourth-order valence-corrected chi connectivity index (χ4v) is 5.56. The van der Waals surface area contributed by atoms with Gasteiger partial charge in [0, 0.05) is 17.8 Å². The van der Waals surface area contributed by atoms with Gasteiger partial charge in [-0.2, -0.15) is 0 Å². The van der Waals surface area contributed by atoms with Gasteiger partial charge in [0.25, 0.3) is 11.8 Å². The lowest BCUT2D eigenvalue weighted by atomic mass is 10.00. The number of likely N-dealkylation sites (tertiary alicyclic amines) is 1. The molecule has 0 radical (unpaired) electrons. The molecular formula is C24H29N3O3S. The quantitative estimate of drug-likeness (QED) is 0.709. The number of benzene rings is 1. The van der Waals surface area contributed by atoms with Crippen molar-refractivity contribution in [2.45, 2.75) is 63.8 Å². The fraction of sp³-hybridized carbons (Fsp3) is 0.458. The number of nitrogens with zero attached hydrogens (tertiary/aromatic N) is 1. The standard InChI is InChI=1S/C24H29N3O3S/c28-21-14-8-9-15-27(21)22(17-10-5-3-6-11-17)24(30)26-25-23(29)20-16-18-12-4-1-2-7-13-19(18)31-20/h3,5-6,10-11,16,22H,1-2,4,7-9,12-15H2,(H,25,29)(H,26,30). The largest absolute Gasteiger partial charge is 0.326 e. The minimum Gasteiger partial charge on any atom is -0.326 e. The Morgan fingerprint density at radius 1 is 0.903 bits per heavy atom. The second-order valence-corrected chi connectivity index (χ2v) is 9.41. The zero-order valence-corrected chi connectivity index (χ0v) is 18.5. The van der Waals surface area contributed by atoms with Gasteiger partial charge in [0.1, 0.15) is 6.04 Å². The molecule has 0 saturated carbocycles. The number of thiophene rings is 1. The van der Waals surface area contributed by atoms with Crippen molar-refractivity contribution < 1.29 is 14.4 Å². The number of carbonyl (C=O) groups excluding carboxylic acids is 3. The number of nitrogens with one attached hydrogen (secondary N) is 2. The number of amides is 3. The first-order chi connectivity index (χ1) is 15.1. The van der Waals surface area contributed by atoms with Crippen molar-refractivity contribution in [2.75, 3.05) is 6.54 Å². The fourth-order valence-electron chi connectivity index (χ4n) is 4.41. The van der Waals surface area contributed by atoms with E-state index in [1.807, 2.05) is 36.4 Å². The molecule has 2 heterocycles. The summed E-state index contributed by atoms with van der Waals surface area (Å²) in [5, 5.41) is 0. The number of fused-ring (bicyclic) bond motifs is 1. The van der Waals surface area contributed by atoms with Crippen LogP contribution in [0.1, 0.15) is 76.7 Å². The van der Waals surface area contributed by atoms with E-state index in [-0.39, 0.29) is 11.8 Å². The molecule has 0 bridgehead atoms. The molecule has 1 aromatic heterocycles. The Morgan fingerprint density at radius 2 is 1.65 bits per heavy atom. The molecular weight excluding hydrogens is 410 g/mol. The van der Waals surface area contributed by atoms with Crippen LogP contribution in [0.15, 0.2) is 36.4 Å².